The molecule has 0 bridgehead atoms. The first kappa shape index (κ1) is 19.6. The normalized spacial score (nSPS) is 10.3. The molecule has 0 unspecified atom stereocenters. The third-order valence-corrected chi connectivity index (χ3v) is 3.77. The van der Waals surface area contributed by atoms with Crippen LogP contribution in [0.5, 0.6) is 0 Å². The van der Waals surface area contributed by atoms with E-state index in [4.69, 9.17) is 5.11 Å². The molecule has 1 aromatic rings. The summed E-state index contributed by atoms with van der Waals surface area (Å²) in [4.78, 5) is 54.8. The number of hydrogen-bond acceptors (Lipinski definition) is 7. The molecule has 1 aromatic carbocycles. The summed E-state index contributed by atoms with van der Waals surface area (Å²) in [5.41, 5.74) is -0.590. The molecule has 0 saturated carbocycles. The average molecular weight is 372 g/mol. The van der Waals surface area contributed by atoms with E-state index in [1.807, 2.05) is 0 Å². The molecule has 1 rings (SSSR count). The van der Waals surface area contributed by atoms with Gasteiger partial charge in [0.25, 0.3) is 10.0 Å². The zero-order chi connectivity index (χ0) is 19.2. The van der Waals surface area contributed by atoms with Gasteiger partial charge in [0.1, 0.15) is 4.90 Å². The summed E-state index contributed by atoms with van der Waals surface area (Å²) in [6, 6.07) is 0.261. The van der Waals surface area contributed by atoms with Crippen LogP contribution in [0.2, 0.25) is 0 Å². The summed E-state index contributed by atoms with van der Waals surface area (Å²) in [6.45, 7) is 0.997. The second-order valence-electron chi connectivity index (χ2n) is 4.33. The first-order chi connectivity index (χ1) is 11.5. The first-order valence-electron chi connectivity index (χ1n) is 6.31. The second-order valence-corrected chi connectivity index (χ2v) is 5.98. The van der Waals surface area contributed by atoms with Crippen LogP contribution in [0, 0.1) is 0 Å². The third kappa shape index (κ3) is 5.91. The zero-order valence-corrected chi connectivity index (χ0v) is 13.3. The molecular formula is C12H12N4O8S. The molecule has 25 heavy (non-hydrogen) atoms. The van der Waals surface area contributed by atoms with Gasteiger partial charge in [-0.1, -0.05) is 12.1 Å². The van der Waals surface area contributed by atoms with Gasteiger partial charge in [-0.3, -0.25) is 20.7 Å². The van der Waals surface area contributed by atoms with Crippen molar-refractivity contribution in [2.24, 2.45) is 0 Å². The number of benzene rings is 1. The standard InChI is InChI=1S/C12H12N4O8S/c1-6(17)13-10(20)14-11(21)15-12(22)16-25(23,24)8-5-3-2-4-7(8)9(18)19/h2-5H,1H3,(H,18,19)(H4,13,14,15,16,17,20,21,22). The molecule has 0 radical (unpaired) electrons. The molecule has 7 amide bonds. The van der Waals surface area contributed by atoms with Crippen molar-refractivity contribution in [3.05, 3.63) is 29.8 Å². The van der Waals surface area contributed by atoms with Crippen LogP contribution in [-0.2, 0) is 14.8 Å². The quantitative estimate of drug-likeness (QED) is 0.462. The highest BCUT2D eigenvalue weighted by molar-refractivity contribution is 7.90. The molecule has 0 fully saturated rings. The van der Waals surface area contributed by atoms with Gasteiger partial charge in [-0.15, -0.1) is 0 Å². The van der Waals surface area contributed by atoms with Gasteiger partial charge in [-0.25, -0.2) is 32.3 Å². The molecule has 5 N–H and O–H groups in total. The number of carbonyl (C=O) groups excluding carboxylic acids is 4. The Hall–Kier alpha value is -3.48. The van der Waals surface area contributed by atoms with Crippen molar-refractivity contribution >= 4 is 40.0 Å². The van der Waals surface area contributed by atoms with Crippen LogP contribution >= 0.6 is 0 Å². The van der Waals surface area contributed by atoms with Gasteiger partial charge in [-0.2, -0.15) is 0 Å². The average Bonchev–Trinajstić information content (AvgIpc) is 2.45. The number of imide groups is 3. The van der Waals surface area contributed by atoms with Gasteiger partial charge in [0.15, 0.2) is 0 Å². The maximum atomic E-state index is 12.0. The summed E-state index contributed by atoms with van der Waals surface area (Å²) in [6.07, 6.45) is 0. The number of rotatable bonds is 3. The number of hydrogen-bond donors (Lipinski definition) is 5. The van der Waals surface area contributed by atoms with E-state index in [2.05, 4.69) is 0 Å². The van der Waals surface area contributed by atoms with Crippen LogP contribution in [0.3, 0.4) is 0 Å². The van der Waals surface area contributed by atoms with Crippen molar-refractivity contribution in [3.63, 3.8) is 0 Å². The molecule has 0 saturated heterocycles. The van der Waals surface area contributed by atoms with Crippen LogP contribution in [0.25, 0.3) is 0 Å². The Morgan fingerprint density at radius 3 is 1.96 bits per heavy atom. The second kappa shape index (κ2) is 7.87. The number of carboxylic acids is 1. The topological polar surface area (TPSA) is 188 Å². The minimum Gasteiger partial charge on any atom is -0.478 e. The molecule has 0 aromatic heterocycles. The first-order valence-corrected chi connectivity index (χ1v) is 7.80. The SMILES string of the molecule is CC(=O)NC(=O)NC(=O)NC(=O)NS(=O)(=O)c1ccccc1C(=O)O. The molecule has 0 spiro atoms. The predicted octanol–water partition coefficient (Wildman–Crippen LogP) is -0.662. The minimum absolute atomic E-state index is 0.590. The number of amides is 7. The Bertz CT molecular complexity index is 848. The predicted molar refractivity (Wildman–Crippen MR) is 80.0 cm³/mol. The summed E-state index contributed by atoms with van der Waals surface area (Å²) >= 11 is 0. The molecule has 0 aliphatic rings. The Labute approximate surface area is 140 Å². The number of urea groups is 3. The lowest BCUT2D eigenvalue weighted by Gasteiger charge is -2.10. The number of sulfonamides is 1. The molecule has 0 aliphatic heterocycles. The van der Waals surface area contributed by atoms with Crippen LogP contribution in [0.15, 0.2) is 29.2 Å². The fourth-order valence-electron chi connectivity index (χ4n) is 1.51. The lowest BCUT2D eigenvalue weighted by Crippen LogP contribution is -2.51. The van der Waals surface area contributed by atoms with Crippen LogP contribution in [-0.4, -0.2) is 43.5 Å². The van der Waals surface area contributed by atoms with Gasteiger partial charge in [0.2, 0.25) is 5.91 Å². The molecular weight excluding hydrogens is 360 g/mol. The highest BCUT2D eigenvalue weighted by Crippen LogP contribution is 2.14. The van der Waals surface area contributed by atoms with Gasteiger partial charge in [0.05, 0.1) is 5.56 Å². The Balaban J connectivity index is 2.80. The van der Waals surface area contributed by atoms with Crippen molar-refractivity contribution in [1.29, 1.82) is 0 Å². The number of nitrogens with one attached hydrogen (secondary N) is 4. The van der Waals surface area contributed by atoms with E-state index >= 15 is 0 Å². The smallest absolute Gasteiger partial charge is 0.337 e. The molecule has 134 valence electrons. The van der Waals surface area contributed by atoms with E-state index in [1.165, 1.54) is 27.5 Å². The lowest BCUT2D eigenvalue weighted by molar-refractivity contribution is -0.117. The maximum Gasteiger partial charge on any atom is 0.337 e. The van der Waals surface area contributed by atoms with Gasteiger partial charge in [0, 0.05) is 6.92 Å². The van der Waals surface area contributed by atoms with Crippen molar-refractivity contribution in [3.8, 4) is 0 Å². The number of carboxylic acid groups (broad SMARTS) is 1. The van der Waals surface area contributed by atoms with E-state index in [-0.39, 0.29) is 0 Å². The van der Waals surface area contributed by atoms with Crippen molar-refractivity contribution < 1.29 is 37.5 Å². The monoisotopic (exact) mass is 372 g/mol. The van der Waals surface area contributed by atoms with E-state index < -0.39 is 50.5 Å². The fourth-order valence-corrected chi connectivity index (χ4v) is 2.62. The van der Waals surface area contributed by atoms with Gasteiger partial charge in [-0.05, 0) is 12.1 Å². The molecule has 0 heterocycles. The summed E-state index contributed by atoms with van der Waals surface area (Å²) < 4.78 is 25.5. The third-order valence-electron chi connectivity index (χ3n) is 2.38. The van der Waals surface area contributed by atoms with Crippen molar-refractivity contribution in [1.82, 2.24) is 20.7 Å². The lowest BCUT2D eigenvalue weighted by atomic mass is 10.2. The van der Waals surface area contributed by atoms with Crippen molar-refractivity contribution in [2.45, 2.75) is 11.8 Å². The van der Waals surface area contributed by atoms with E-state index in [9.17, 15) is 32.4 Å². The summed E-state index contributed by atoms with van der Waals surface area (Å²) in [5, 5.41) is 13.6. The van der Waals surface area contributed by atoms with Gasteiger partial charge < -0.3 is 5.11 Å². The van der Waals surface area contributed by atoms with E-state index in [0.29, 0.717) is 0 Å². The van der Waals surface area contributed by atoms with Crippen LogP contribution < -0.4 is 20.7 Å². The minimum atomic E-state index is -4.61. The zero-order valence-electron chi connectivity index (χ0n) is 12.5. The summed E-state index contributed by atoms with van der Waals surface area (Å²) in [7, 11) is -4.61. The van der Waals surface area contributed by atoms with Crippen molar-refractivity contribution in [2.75, 3.05) is 0 Å². The molecule has 12 nitrogen and oxygen atoms in total. The van der Waals surface area contributed by atoms with Gasteiger partial charge >= 0.3 is 24.1 Å². The molecule has 13 heteroatoms. The Morgan fingerprint density at radius 1 is 0.880 bits per heavy atom. The fraction of sp³-hybridized carbons (Fsp3) is 0.0833. The molecule has 0 atom stereocenters. The van der Waals surface area contributed by atoms with E-state index in [1.54, 1.807) is 5.32 Å². The largest absolute Gasteiger partial charge is 0.478 e. The van der Waals surface area contributed by atoms with E-state index in [0.717, 1.165) is 19.1 Å². The summed E-state index contributed by atoms with van der Waals surface area (Å²) in [5.74, 6) is -2.32. The molecule has 0 aliphatic carbocycles. The highest BCUT2D eigenvalue weighted by atomic mass is 32.2. The maximum absolute atomic E-state index is 12.0. The van der Waals surface area contributed by atoms with Crippen LogP contribution in [0.4, 0.5) is 14.4 Å². The number of aromatic carboxylic acids is 1. The Morgan fingerprint density at radius 2 is 1.40 bits per heavy atom. The Kier molecular flexibility index (Phi) is 6.16. The highest BCUT2D eigenvalue weighted by Gasteiger charge is 2.24. The number of carbonyl (C=O) groups is 5. The van der Waals surface area contributed by atoms with Crippen LogP contribution in [0.1, 0.15) is 17.3 Å².